The fraction of sp³-hybridized carbons (Fsp3) is 0.217. The quantitative estimate of drug-likeness (QED) is 0.457. The SMILES string of the molecule is COc1ccc(-c2ccccc2S(=O)(=O)NC[C@H](N)Cc2cc(F)c(F)cc2F)cc1OC. The molecule has 0 aromatic heterocycles. The highest BCUT2D eigenvalue weighted by Crippen LogP contribution is 2.34. The molecule has 3 N–H and O–H groups in total. The summed E-state index contributed by atoms with van der Waals surface area (Å²) in [5.74, 6) is -2.53. The summed E-state index contributed by atoms with van der Waals surface area (Å²) in [5, 5.41) is 0. The lowest BCUT2D eigenvalue weighted by Gasteiger charge is -2.16. The van der Waals surface area contributed by atoms with E-state index in [-0.39, 0.29) is 23.4 Å². The van der Waals surface area contributed by atoms with Crippen LogP contribution in [0.5, 0.6) is 11.5 Å². The summed E-state index contributed by atoms with van der Waals surface area (Å²) in [6, 6.07) is 11.6. The van der Waals surface area contributed by atoms with E-state index in [1.807, 2.05) is 0 Å². The van der Waals surface area contributed by atoms with Crippen molar-refractivity contribution in [2.75, 3.05) is 20.8 Å². The zero-order valence-corrected chi connectivity index (χ0v) is 18.8. The van der Waals surface area contributed by atoms with Crippen LogP contribution in [-0.2, 0) is 16.4 Å². The number of benzene rings is 3. The van der Waals surface area contributed by atoms with Gasteiger partial charge in [0.15, 0.2) is 23.1 Å². The van der Waals surface area contributed by atoms with Crippen LogP contribution < -0.4 is 19.9 Å². The van der Waals surface area contributed by atoms with Crippen molar-refractivity contribution in [1.29, 1.82) is 0 Å². The summed E-state index contributed by atoms with van der Waals surface area (Å²) in [6.45, 7) is -0.249. The fourth-order valence-electron chi connectivity index (χ4n) is 3.31. The maximum atomic E-state index is 13.9. The summed E-state index contributed by atoms with van der Waals surface area (Å²) in [7, 11) is -1.05. The Morgan fingerprint density at radius 2 is 1.58 bits per heavy atom. The second-order valence-electron chi connectivity index (χ2n) is 7.24. The Labute approximate surface area is 190 Å². The van der Waals surface area contributed by atoms with Gasteiger partial charge in [0, 0.05) is 24.2 Å². The topological polar surface area (TPSA) is 90.7 Å². The van der Waals surface area contributed by atoms with Crippen LogP contribution in [0.4, 0.5) is 13.2 Å². The summed E-state index contributed by atoms with van der Waals surface area (Å²) >= 11 is 0. The lowest BCUT2D eigenvalue weighted by Crippen LogP contribution is -2.38. The average molecular weight is 481 g/mol. The van der Waals surface area contributed by atoms with E-state index in [1.165, 1.54) is 20.3 Å². The Bertz CT molecular complexity index is 1250. The highest BCUT2D eigenvalue weighted by Gasteiger charge is 2.21. The van der Waals surface area contributed by atoms with Crippen LogP contribution in [0.2, 0.25) is 0 Å². The summed E-state index contributed by atoms with van der Waals surface area (Å²) in [5.41, 5.74) is 6.79. The van der Waals surface area contributed by atoms with E-state index in [4.69, 9.17) is 15.2 Å². The van der Waals surface area contributed by atoms with Crippen LogP contribution in [0.3, 0.4) is 0 Å². The molecule has 0 aliphatic carbocycles. The maximum absolute atomic E-state index is 13.9. The monoisotopic (exact) mass is 480 g/mol. The van der Waals surface area contributed by atoms with Crippen molar-refractivity contribution >= 4 is 10.0 Å². The first-order valence-corrected chi connectivity index (χ1v) is 11.3. The standard InChI is InChI=1S/C23H23F3N2O4S/c1-31-21-8-7-14(11-22(21)32-2)17-5-3-4-6-23(17)33(29,30)28-13-16(27)9-15-10-19(25)20(26)12-18(15)24/h3-8,10-12,16,28H,9,13,27H2,1-2H3/t16-/m1/s1. The van der Waals surface area contributed by atoms with Crippen molar-refractivity contribution in [2.24, 2.45) is 5.73 Å². The first-order valence-electron chi connectivity index (χ1n) is 9.86. The summed E-state index contributed by atoms with van der Waals surface area (Å²) in [6.07, 6.45) is -0.192. The zero-order chi connectivity index (χ0) is 24.2. The van der Waals surface area contributed by atoms with Crippen LogP contribution >= 0.6 is 0 Å². The van der Waals surface area contributed by atoms with Crippen LogP contribution in [-0.4, -0.2) is 35.2 Å². The molecule has 10 heteroatoms. The Morgan fingerprint density at radius 3 is 2.27 bits per heavy atom. The molecule has 0 fully saturated rings. The van der Waals surface area contributed by atoms with Crippen LogP contribution in [0, 0.1) is 17.5 Å². The second kappa shape index (κ2) is 10.2. The zero-order valence-electron chi connectivity index (χ0n) is 17.9. The van der Waals surface area contributed by atoms with Gasteiger partial charge >= 0.3 is 0 Å². The predicted molar refractivity (Wildman–Crippen MR) is 118 cm³/mol. The normalized spacial score (nSPS) is 12.4. The number of nitrogens with one attached hydrogen (secondary N) is 1. The van der Waals surface area contributed by atoms with Gasteiger partial charge in [-0.05, 0) is 41.8 Å². The molecule has 1 atom stereocenters. The lowest BCUT2D eigenvalue weighted by atomic mass is 10.1. The van der Waals surface area contributed by atoms with Crippen molar-refractivity contribution < 1.29 is 31.1 Å². The number of nitrogens with two attached hydrogens (primary N) is 1. The molecule has 0 radical (unpaired) electrons. The molecular formula is C23H23F3N2O4S. The van der Waals surface area contributed by atoms with Crippen molar-refractivity contribution in [3.05, 3.63) is 77.6 Å². The molecule has 6 nitrogen and oxygen atoms in total. The first-order chi connectivity index (χ1) is 15.7. The average Bonchev–Trinajstić information content (AvgIpc) is 2.81. The number of methoxy groups -OCH3 is 2. The summed E-state index contributed by atoms with van der Waals surface area (Å²) in [4.78, 5) is 0.00317. The molecule has 0 aliphatic heterocycles. The molecule has 0 spiro atoms. The lowest BCUT2D eigenvalue weighted by molar-refractivity contribution is 0.355. The molecule has 3 aromatic carbocycles. The minimum absolute atomic E-state index is 0.00317. The van der Waals surface area contributed by atoms with Crippen LogP contribution in [0.15, 0.2) is 59.5 Å². The Hall–Kier alpha value is -3.08. The molecule has 0 heterocycles. The van der Waals surface area contributed by atoms with E-state index in [2.05, 4.69) is 4.72 Å². The van der Waals surface area contributed by atoms with E-state index < -0.39 is 33.5 Å². The van der Waals surface area contributed by atoms with E-state index in [0.717, 1.165) is 0 Å². The number of halogens is 3. The molecule has 0 aliphatic rings. The number of hydrogen-bond acceptors (Lipinski definition) is 5. The van der Waals surface area contributed by atoms with Gasteiger partial charge in [-0.25, -0.2) is 26.3 Å². The molecule has 33 heavy (non-hydrogen) atoms. The molecule has 176 valence electrons. The van der Waals surface area contributed by atoms with Crippen molar-refractivity contribution in [1.82, 2.24) is 4.72 Å². The fourth-order valence-corrected chi connectivity index (χ4v) is 4.63. The molecular weight excluding hydrogens is 457 g/mol. The maximum Gasteiger partial charge on any atom is 0.241 e. The Balaban J connectivity index is 1.81. The molecule has 0 bridgehead atoms. The number of ether oxygens (including phenoxy) is 2. The molecule has 0 saturated carbocycles. The smallest absolute Gasteiger partial charge is 0.241 e. The van der Waals surface area contributed by atoms with Gasteiger partial charge in [0.05, 0.1) is 19.1 Å². The van der Waals surface area contributed by atoms with Gasteiger partial charge in [-0.1, -0.05) is 24.3 Å². The van der Waals surface area contributed by atoms with Crippen molar-refractivity contribution in [3.63, 3.8) is 0 Å². The molecule has 0 amide bonds. The van der Waals surface area contributed by atoms with Gasteiger partial charge in [-0.2, -0.15) is 0 Å². The highest BCUT2D eigenvalue weighted by atomic mass is 32.2. The van der Waals surface area contributed by atoms with Gasteiger partial charge in [0.25, 0.3) is 0 Å². The minimum Gasteiger partial charge on any atom is -0.493 e. The highest BCUT2D eigenvalue weighted by molar-refractivity contribution is 7.89. The van der Waals surface area contributed by atoms with Crippen LogP contribution in [0.25, 0.3) is 11.1 Å². The largest absolute Gasteiger partial charge is 0.493 e. The van der Waals surface area contributed by atoms with Crippen molar-refractivity contribution in [3.8, 4) is 22.6 Å². The van der Waals surface area contributed by atoms with Crippen LogP contribution in [0.1, 0.15) is 5.56 Å². The van der Waals surface area contributed by atoms with E-state index in [0.29, 0.717) is 34.8 Å². The molecule has 0 saturated heterocycles. The molecule has 3 aromatic rings. The second-order valence-corrected chi connectivity index (χ2v) is 8.98. The number of sulfonamides is 1. The minimum atomic E-state index is -4.02. The first kappa shape index (κ1) is 24.6. The Morgan fingerprint density at radius 1 is 0.909 bits per heavy atom. The van der Waals surface area contributed by atoms with Gasteiger partial charge in [0.1, 0.15) is 5.82 Å². The summed E-state index contributed by atoms with van der Waals surface area (Å²) < 4.78 is 79.3. The van der Waals surface area contributed by atoms with Crippen molar-refractivity contribution in [2.45, 2.75) is 17.4 Å². The number of rotatable bonds is 9. The van der Waals surface area contributed by atoms with Gasteiger partial charge < -0.3 is 15.2 Å². The Kier molecular flexibility index (Phi) is 7.62. The molecule has 0 unspecified atom stereocenters. The van der Waals surface area contributed by atoms with E-state index in [9.17, 15) is 21.6 Å². The van der Waals surface area contributed by atoms with E-state index >= 15 is 0 Å². The third kappa shape index (κ3) is 5.65. The van der Waals surface area contributed by atoms with Gasteiger partial charge in [-0.15, -0.1) is 0 Å². The number of hydrogen-bond donors (Lipinski definition) is 2. The van der Waals surface area contributed by atoms with Gasteiger partial charge in [-0.3, -0.25) is 0 Å². The molecule has 3 rings (SSSR count). The third-order valence-corrected chi connectivity index (χ3v) is 6.46. The third-order valence-electron chi connectivity index (χ3n) is 4.98. The van der Waals surface area contributed by atoms with E-state index in [1.54, 1.807) is 36.4 Å². The van der Waals surface area contributed by atoms with Gasteiger partial charge in [0.2, 0.25) is 10.0 Å². The predicted octanol–water partition coefficient (Wildman–Crippen LogP) is 3.64.